The molecule has 0 spiro atoms. The number of methoxy groups -OCH3 is 1. The van der Waals surface area contributed by atoms with Crippen molar-refractivity contribution >= 4 is 96.0 Å². The summed E-state index contributed by atoms with van der Waals surface area (Å²) in [5, 5.41) is 9.88. The highest BCUT2D eigenvalue weighted by Crippen LogP contribution is 2.43. The Balaban J connectivity index is 1.63. The largest absolute Gasteiger partial charge is 0.510 e. The van der Waals surface area contributed by atoms with E-state index in [1.807, 2.05) is 18.2 Å². The molecular formula is C20H19Cl3N2O7S3. The molecule has 1 fully saturated rings. The zero-order chi connectivity index (χ0) is 25.9. The number of ether oxygens (including phenoxy) is 3. The van der Waals surface area contributed by atoms with Gasteiger partial charge in [-0.15, -0.1) is 11.3 Å². The van der Waals surface area contributed by atoms with Gasteiger partial charge in [0.25, 0.3) is 0 Å². The molecule has 0 radical (unpaired) electrons. The van der Waals surface area contributed by atoms with Gasteiger partial charge in [-0.2, -0.15) is 0 Å². The fourth-order valence-electron chi connectivity index (χ4n) is 2.88. The van der Waals surface area contributed by atoms with E-state index in [0.717, 1.165) is 9.60 Å². The zero-order valence-electron chi connectivity index (χ0n) is 18.5. The van der Waals surface area contributed by atoms with Gasteiger partial charge in [-0.1, -0.05) is 62.5 Å². The van der Waals surface area contributed by atoms with E-state index in [0.29, 0.717) is 10.5 Å². The number of aliphatic hydroxyl groups excluding tert-OH is 1. The topological polar surface area (TPSA) is 115 Å². The molecule has 3 rings (SSSR count). The third kappa shape index (κ3) is 7.01. The Morgan fingerprint density at radius 2 is 2.09 bits per heavy atom. The van der Waals surface area contributed by atoms with Crippen molar-refractivity contribution in [2.75, 3.05) is 20.3 Å². The zero-order valence-corrected chi connectivity index (χ0v) is 23.2. The SMILES string of the molecule is COC(=O)C(=C(C)O)N1C[C@H](SSc2cccc3sc([C@@H](C)OC(=O)OCC(Cl)(Cl)Cl)nc23)C1=O. The minimum atomic E-state index is -1.74. The number of para-hydroxylation sites is 1. The maximum atomic E-state index is 12.6. The maximum absolute atomic E-state index is 12.6. The number of hydrogen-bond acceptors (Lipinski definition) is 11. The summed E-state index contributed by atoms with van der Waals surface area (Å²) < 4.78 is 13.8. The number of aliphatic hydroxyl groups is 1. The predicted octanol–water partition coefficient (Wildman–Crippen LogP) is 5.79. The molecule has 1 aromatic heterocycles. The molecule has 190 valence electrons. The number of hydrogen-bond donors (Lipinski definition) is 1. The highest BCUT2D eigenvalue weighted by atomic mass is 35.6. The smallest absolute Gasteiger partial charge is 0.509 e. The van der Waals surface area contributed by atoms with Crippen molar-refractivity contribution in [3.05, 3.63) is 34.7 Å². The number of likely N-dealkylation sites (tertiary alicyclic amines) is 1. The van der Waals surface area contributed by atoms with E-state index in [9.17, 15) is 19.5 Å². The summed E-state index contributed by atoms with van der Waals surface area (Å²) >= 11 is 18.0. The van der Waals surface area contributed by atoms with Crippen molar-refractivity contribution < 1.29 is 33.7 Å². The van der Waals surface area contributed by atoms with Crippen LogP contribution < -0.4 is 0 Å². The fourth-order valence-corrected chi connectivity index (χ4v) is 6.58. The standard InChI is InChI=1S/C20H19Cl3N2O7S3/c1-9(26)15(18(28)30-3)25-7-13(17(25)27)35-34-12-6-4-5-11-14(12)24-16(33-11)10(2)32-19(29)31-8-20(21,22)23/h4-6,10,13,26H,7-8H2,1-3H3/t10-,13+/m1/s1. The van der Waals surface area contributed by atoms with Crippen LogP contribution in [0.1, 0.15) is 25.0 Å². The number of benzene rings is 1. The summed E-state index contributed by atoms with van der Waals surface area (Å²) in [5.41, 5.74) is 0.534. The number of aromatic nitrogens is 1. The summed E-state index contributed by atoms with van der Waals surface area (Å²) in [6, 6.07) is 5.60. The summed E-state index contributed by atoms with van der Waals surface area (Å²) in [4.78, 5) is 42.9. The van der Waals surface area contributed by atoms with Crippen molar-refractivity contribution in [3.8, 4) is 0 Å². The Hall–Kier alpha value is -1.57. The van der Waals surface area contributed by atoms with Crippen LogP contribution in [0, 0.1) is 0 Å². The molecule has 2 atom stereocenters. The second-order valence-corrected chi connectivity index (χ2v) is 13.1. The van der Waals surface area contributed by atoms with Crippen LogP contribution in [0.15, 0.2) is 34.6 Å². The molecular weight excluding hydrogens is 583 g/mol. The monoisotopic (exact) mass is 600 g/mol. The first kappa shape index (κ1) is 28.0. The van der Waals surface area contributed by atoms with Gasteiger partial charge in [0, 0.05) is 11.4 Å². The lowest BCUT2D eigenvalue weighted by Crippen LogP contribution is -2.55. The van der Waals surface area contributed by atoms with Gasteiger partial charge in [-0.3, -0.25) is 4.79 Å². The Labute approximate surface area is 227 Å². The summed E-state index contributed by atoms with van der Waals surface area (Å²) in [6.45, 7) is 2.76. The second kappa shape index (κ2) is 11.7. The van der Waals surface area contributed by atoms with Crippen LogP contribution in [0.2, 0.25) is 0 Å². The van der Waals surface area contributed by atoms with Crippen molar-refractivity contribution in [3.63, 3.8) is 0 Å². The molecule has 1 aliphatic heterocycles. The molecule has 2 aromatic rings. The number of halogens is 3. The van der Waals surface area contributed by atoms with Gasteiger partial charge in [-0.05, 0) is 26.0 Å². The minimum absolute atomic E-state index is 0.160. The molecule has 0 bridgehead atoms. The minimum Gasteiger partial charge on any atom is -0.510 e. The van der Waals surface area contributed by atoms with Gasteiger partial charge in [-0.25, -0.2) is 14.6 Å². The summed E-state index contributed by atoms with van der Waals surface area (Å²) in [5.74, 6) is -1.37. The lowest BCUT2D eigenvalue weighted by Gasteiger charge is -2.37. The van der Waals surface area contributed by atoms with Gasteiger partial charge in [0.05, 0.1) is 17.3 Å². The number of allylic oxidation sites excluding steroid dienone is 1. The first-order valence-corrected chi connectivity index (χ1v) is 14.0. The first-order valence-electron chi connectivity index (χ1n) is 9.83. The van der Waals surface area contributed by atoms with Crippen molar-refractivity contribution in [2.24, 2.45) is 0 Å². The predicted molar refractivity (Wildman–Crippen MR) is 137 cm³/mol. The molecule has 0 aliphatic carbocycles. The summed E-state index contributed by atoms with van der Waals surface area (Å²) in [7, 11) is 3.87. The number of fused-ring (bicyclic) bond motifs is 1. The maximum Gasteiger partial charge on any atom is 0.509 e. The number of rotatable bonds is 8. The molecule has 1 N–H and O–H groups in total. The lowest BCUT2D eigenvalue weighted by molar-refractivity contribution is -0.146. The number of thiazole rings is 1. The number of carbonyl (C=O) groups is 3. The third-order valence-corrected chi connectivity index (χ3v) is 8.73. The van der Waals surface area contributed by atoms with Crippen LogP contribution in [0.5, 0.6) is 0 Å². The Bertz CT molecular complexity index is 1160. The number of carbonyl (C=O) groups excluding carboxylic acids is 3. The molecule has 1 aliphatic rings. The van der Waals surface area contributed by atoms with E-state index in [-0.39, 0.29) is 23.9 Å². The van der Waals surface area contributed by atoms with Crippen LogP contribution in [-0.2, 0) is 23.8 Å². The van der Waals surface area contributed by atoms with E-state index < -0.39 is 33.9 Å². The highest BCUT2D eigenvalue weighted by molar-refractivity contribution is 8.77. The molecule has 0 saturated carbocycles. The van der Waals surface area contributed by atoms with Crippen LogP contribution in [-0.4, -0.2) is 62.3 Å². The van der Waals surface area contributed by atoms with Crippen LogP contribution in [0.25, 0.3) is 10.2 Å². The van der Waals surface area contributed by atoms with Gasteiger partial charge in [0.1, 0.15) is 22.6 Å². The average Bonchev–Trinajstić information content (AvgIpc) is 3.23. The number of amides is 1. The number of esters is 1. The Morgan fingerprint density at radius 3 is 2.69 bits per heavy atom. The van der Waals surface area contributed by atoms with E-state index in [1.165, 1.54) is 51.9 Å². The van der Waals surface area contributed by atoms with Crippen LogP contribution >= 0.6 is 67.7 Å². The molecule has 1 saturated heterocycles. The fraction of sp³-hybridized carbons (Fsp3) is 0.400. The van der Waals surface area contributed by atoms with E-state index in [4.69, 9.17) is 44.3 Å². The van der Waals surface area contributed by atoms with E-state index >= 15 is 0 Å². The van der Waals surface area contributed by atoms with Crippen molar-refractivity contribution in [2.45, 2.75) is 33.9 Å². The van der Waals surface area contributed by atoms with Gasteiger partial charge in [0.15, 0.2) is 11.8 Å². The number of nitrogens with zero attached hydrogens (tertiary/aromatic N) is 2. The molecule has 1 aromatic carbocycles. The molecule has 9 nitrogen and oxygen atoms in total. The van der Waals surface area contributed by atoms with Crippen LogP contribution in [0.4, 0.5) is 4.79 Å². The molecule has 15 heteroatoms. The number of β-lactam (4-membered cyclic amide) rings is 1. The average molecular weight is 602 g/mol. The molecule has 35 heavy (non-hydrogen) atoms. The quantitative estimate of drug-likeness (QED) is 0.0995. The molecule has 2 heterocycles. The Morgan fingerprint density at radius 1 is 1.37 bits per heavy atom. The number of alkyl halides is 3. The van der Waals surface area contributed by atoms with Gasteiger partial charge >= 0.3 is 12.1 Å². The van der Waals surface area contributed by atoms with Gasteiger partial charge < -0.3 is 24.2 Å². The van der Waals surface area contributed by atoms with Gasteiger partial charge in [0.2, 0.25) is 9.70 Å². The molecule has 1 amide bonds. The van der Waals surface area contributed by atoms with E-state index in [2.05, 4.69) is 9.72 Å². The van der Waals surface area contributed by atoms with E-state index in [1.54, 1.807) is 6.92 Å². The first-order chi connectivity index (χ1) is 16.4. The lowest BCUT2D eigenvalue weighted by atomic mass is 10.1. The van der Waals surface area contributed by atoms with Crippen LogP contribution in [0.3, 0.4) is 0 Å². The third-order valence-electron chi connectivity index (χ3n) is 4.51. The summed E-state index contributed by atoms with van der Waals surface area (Å²) in [6.07, 6.45) is -1.69. The van der Waals surface area contributed by atoms with Crippen molar-refractivity contribution in [1.29, 1.82) is 0 Å². The highest BCUT2D eigenvalue weighted by Gasteiger charge is 2.43. The normalized spacial score (nSPS) is 17.5. The second-order valence-electron chi connectivity index (χ2n) is 7.11. The Kier molecular flexibility index (Phi) is 9.33. The van der Waals surface area contributed by atoms with Crippen molar-refractivity contribution in [1.82, 2.24) is 9.88 Å². The molecule has 0 unspecified atom stereocenters.